The average Bonchev–Trinajstić information content (AvgIpc) is 3.40. The SMILES string of the molecule is COc1cccc(CC(=O)NCCn2ncc(-c3cc(C)no3)c2-c2ccc(C)nc2)c1. The Kier molecular flexibility index (Phi) is 6.30. The zero-order valence-corrected chi connectivity index (χ0v) is 18.3. The van der Waals surface area contributed by atoms with Gasteiger partial charge in [0.1, 0.15) is 5.75 Å². The first kappa shape index (κ1) is 21.3. The second-order valence-electron chi connectivity index (χ2n) is 7.53. The molecule has 1 amide bonds. The van der Waals surface area contributed by atoms with Crippen molar-refractivity contribution in [3.63, 3.8) is 0 Å². The van der Waals surface area contributed by atoms with Gasteiger partial charge in [-0.15, -0.1) is 0 Å². The van der Waals surface area contributed by atoms with Gasteiger partial charge in [-0.1, -0.05) is 17.3 Å². The van der Waals surface area contributed by atoms with Crippen LogP contribution in [-0.2, 0) is 17.8 Å². The summed E-state index contributed by atoms with van der Waals surface area (Å²) in [7, 11) is 1.61. The molecular formula is C24H25N5O3. The molecule has 0 aliphatic rings. The minimum atomic E-state index is -0.0601. The Labute approximate surface area is 186 Å². The fourth-order valence-electron chi connectivity index (χ4n) is 3.47. The van der Waals surface area contributed by atoms with Crippen LogP contribution in [0.15, 0.2) is 59.4 Å². The highest BCUT2D eigenvalue weighted by atomic mass is 16.5. The summed E-state index contributed by atoms with van der Waals surface area (Å²) in [6.07, 6.45) is 3.86. The van der Waals surface area contributed by atoms with Crippen molar-refractivity contribution in [1.29, 1.82) is 0 Å². The fourth-order valence-corrected chi connectivity index (χ4v) is 3.47. The Balaban J connectivity index is 1.49. The molecule has 0 aliphatic carbocycles. The van der Waals surface area contributed by atoms with E-state index in [9.17, 15) is 4.79 Å². The van der Waals surface area contributed by atoms with E-state index in [1.165, 1.54) is 0 Å². The van der Waals surface area contributed by atoms with Crippen LogP contribution in [0.2, 0.25) is 0 Å². The molecule has 8 nitrogen and oxygen atoms in total. The predicted molar refractivity (Wildman–Crippen MR) is 120 cm³/mol. The Morgan fingerprint density at radius 3 is 2.72 bits per heavy atom. The van der Waals surface area contributed by atoms with Gasteiger partial charge < -0.3 is 14.6 Å². The number of carbonyl (C=O) groups is 1. The first-order valence-corrected chi connectivity index (χ1v) is 10.4. The van der Waals surface area contributed by atoms with Gasteiger partial charge >= 0.3 is 0 Å². The normalized spacial score (nSPS) is 10.8. The van der Waals surface area contributed by atoms with E-state index in [-0.39, 0.29) is 12.3 Å². The molecule has 0 saturated heterocycles. The molecule has 3 aromatic heterocycles. The second-order valence-corrected chi connectivity index (χ2v) is 7.53. The third-order valence-corrected chi connectivity index (χ3v) is 5.06. The van der Waals surface area contributed by atoms with Gasteiger partial charge in [0.2, 0.25) is 5.91 Å². The number of methoxy groups -OCH3 is 1. The molecule has 3 heterocycles. The van der Waals surface area contributed by atoms with E-state index in [1.807, 2.05) is 67.2 Å². The maximum atomic E-state index is 12.4. The summed E-state index contributed by atoms with van der Waals surface area (Å²) in [6.45, 7) is 4.76. The van der Waals surface area contributed by atoms with Crippen LogP contribution in [0.5, 0.6) is 5.75 Å². The number of amides is 1. The summed E-state index contributed by atoms with van der Waals surface area (Å²) < 4.78 is 12.5. The minimum Gasteiger partial charge on any atom is -0.497 e. The van der Waals surface area contributed by atoms with E-state index in [1.54, 1.807) is 13.3 Å². The number of ether oxygens (including phenoxy) is 1. The van der Waals surface area contributed by atoms with Crippen LogP contribution in [0.4, 0.5) is 0 Å². The molecule has 0 fully saturated rings. The number of nitrogens with one attached hydrogen (secondary N) is 1. The van der Waals surface area contributed by atoms with Crippen molar-refractivity contribution in [3.8, 4) is 28.3 Å². The fraction of sp³-hybridized carbons (Fsp3) is 0.250. The Morgan fingerprint density at radius 1 is 1.12 bits per heavy atom. The monoisotopic (exact) mass is 431 g/mol. The molecule has 0 radical (unpaired) electrons. The summed E-state index contributed by atoms with van der Waals surface area (Å²) in [4.78, 5) is 16.8. The van der Waals surface area contributed by atoms with Crippen LogP contribution in [0, 0.1) is 13.8 Å². The number of nitrogens with zero attached hydrogens (tertiary/aromatic N) is 4. The molecule has 0 bridgehead atoms. The molecule has 0 saturated carbocycles. The molecule has 4 aromatic rings. The first-order chi connectivity index (χ1) is 15.5. The summed E-state index contributed by atoms with van der Waals surface area (Å²) in [5.74, 6) is 1.32. The standard InChI is InChI=1S/C24H25N5O3/c1-16-7-8-19(14-26-16)24-21(22-11-17(2)28-32-22)15-27-29(24)10-9-25-23(30)13-18-5-4-6-20(12-18)31-3/h4-8,11-12,14-15H,9-10,13H2,1-3H3,(H,25,30). The number of hydrogen-bond acceptors (Lipinski definition) is 6. The van der Waals surface area contributed by atoms with Crippen LogP contribution < -0.4 is 10.1 Å². The molecule has 0 atom stereocenters. The van der Waals surface area contributed by atoms with Crippen molar-refractivity contribution < 1.29 is 14.1 Å². The van der Waals surface area contributed by atoms with E-state index in [4.69, 9.17) is 9.26 Å². The zero-order valence-electron chi connectivity index (χ0n) is 18.3. The molecule has 164 valence electrons. The largest absolute Gasteiger partial charge is 0.497 e. The summed E-state index contributed by atoms with van der Waals surface area (Å²) in [5.41, 5.74) is 5.25. The first-order valence-electron chi connectivity index (χ1n) is 10.4. The molecule has 4 rings (SSSR count). The van der Waals surface area contributed by atoms with E-state index < -0.39 is 0 Å². The number of hydrogen-bond donors (Lipinski definition) is 1. The topological polar surface area (TPSA) is 95.1 Å². The minimum absolute atomic E-state index is 0.0601. The molecule has 32 heavy (non-hydrogen) atoms. The number of benzene rings is 1. The molecule has 0 spiro atoms. The van der Waals surface area contributed by atoms with Gasteiger partial charge in [-0.2, -0.15) is 5.10 Å². The third kappa shape index (κ3) is 4.85. The van der Waals surface area contributed by atoms with Crippen LogP contribution in [0.1, 0.15) is 17.0 Å². The van der Waals surface area contributed by atoms with E-state index in [2.05, 4.69) is 20.6 Å². The Morgan fingerprint density at radius 2 is 2.00 bits per heavy atom. The van der Waals surface area contributed by atoms with Crippen LogP contribution in [0.3, 0.4) is 0 Å². The Hall–Kier alpha value is -3.94. The highest BCUT2D eigenvalue weighted by Crippen LogP contribution is 2.32. The molecular weight excluding hydrogens is 406 g/mol. The van der Waals surface area contributed by atoms with E-state index in [0.717, 1.165) is 39.5 Å². The molecule has 0 aliphatic heterocycles. The summed E-state index contributed by atoms with van der Waals surface area (Å²) >= 11 is 0. The van der Waals surface area contributed by atoms with Gasteiger partial charge in [0.15, 0.2) is 5.76 Å². The number of pyridine rings is 1. The van der Waals surface area contributed by atoms with Gasteiger partial charge in [-0.3, -0.25) is 14.5 Å². The molecule has 1 aromatic carbocycles. The number of aromatic nitrogens is 4. The quantitative estimate of drug-likeness (QED) is 0.458. The molecule has 1 N–H and O–H groups in total. The lowest BCUT2D eigenvalue weighted by atomic mass is 10.1. The summed E-state index contributed by atoms with van der Waals surface area (Å²) in [6, 6.07) is 13.3. The highest BCUT2D eigenvalue weighted by molar-refractivity contribution is 5.79. The Bertz CT molecular complexity index is 1210. The van der Waals surface area contributed by atoms with Crippen LogP contribution in [0.25, 0.3) is 22.6 Å². The third-order valence-electron chi connectivity index (χ3n) is 5.06. The summed E-state index contributed by atoms with van der Waals surface area (Å²) in [5, 5.41) is 11.5. The average molecular weight is 431 g/mol. The lowest BCUT2D eigenvalue weighted by molar-refractivity contribution is -0.120. The van der Waals surface area contributed by atoms with Crippen molar-refractivity contribution in [2.45, 2.75) is 26.8 Å². The smallest absolute Gasteiger partial charge is 0.224 e. The van der Waals surface area contributed by atoms with Gasteiger partial charge in [0, 0.05) is 30.1 Å². The van der Waals surface area contributed by atoms with Gasteiger partial charge in [0.05, 0.1) is 43.2 Å². The van der Waals surface area contributed by atoms with Crippen molar-refractivity contribution in [3.05, 3.63) is 71.8 Å². The molecule has 8 heteroatoms. The van der Waals surface area contributed by atoms with Crippen molar-refractivity contribution in [2.24, 2.45) is 0 Å². The van der Waals surface area contributed by atoms with Crippen molar-refractivity contribution in [1.82, 2.24) is 25.2 Å². The number of aryl methyl sites for hydroxylation is 2. The van der Waals surface area contributed by atoms with Crippen LogP contribution in [-0.4, -0.2) is 39.5 Å². The van der Waals surface area contributed by atoms with Crippen LogP contribution >= 0.6 is 0 Å². The molecule has 0 unspecified atom stereocenters. The number of rotatable bonds is 8. The van der Waals surface area contributed by atoms with Crippen molar-refractivity contribution in [2.75, 3.05) is 13.7 Å². The lowest BCUT2D eigenvalue weighted by Gasteiger charge is -2.11. The van der Waals surface area contributed by atoms with Crippen molar-refractivity contribution >= 4 is 5.91 Å². The van der Waals surface area contributed by atoms with Gasteiger partial charge in [0.25, 0.3) is 0 Å². The van der Waals surface area contributed by atoms with E-state index in [0.29, 0.717) is 18.8 Å². The van der Waals surface area contributed by atoms with Gasteiger partial charge in [-0.05, 0) is 43.7 Å². The maximum Gasteiger partial charge on any atom is 0.224 e. The zero-order chi connectivity index (χ0) is 22.5. The second kappa shape index (κ2) is 9.47. The van der Waals surface area contributed by atoms with E-state index >= 15 is 0 Å². The highest BCUT2D eigenvalue weighted by Gasteiger charge is 2.18. The maximum absolute atomic E-state index is 12.4. The van der Waals surface area contributed by atoms with Gasteiger partial charge in [-0.25, -0.2) is 0 Å². The lowest BCUT2D eigenvalue weighted by Crippen LogP contribution is -2.29. The number of carbonyl (C=O) groups excluding carboxylic acids is 1. The predicted octanol–water partition coefficient (Wildman–Crippen LogP) is 3.58.